The van der Waals surface area contributed by atoms with Crippen LogP contribution in [0.2, 0.25) is 0 Å². The number of hydrogen-bond acceptors (Lipinski definition) is 6. The number of nitro benzene ring substituents is 1. The normalized spacial score (nSPS) is 12.9. The predicted molar refractivity (Wildman–Crippen MR) is 131 cm³/mol. The van der Waals surface area contributed by atoms with Crippen LogP contribution >= 0.6 is 0 Å². The molecule has 1 aliphatic heterocycles. The molecule has 5 aromatic rings. The van der Waals surface area contributed by atoms with Crippen LogP contribution in [0.1, 0.15) is 5.56 Å². The lowest BCUT2D eigenvalue weighted by molar-refractivity contribution is -0.384. The Morgan fingerprint density at radius 1 is 1.03 bits per heavy atom. The first kappa shape index (κ1) is 21.1. The number of nitrogens with zero attached hydrogens (tertiary/aromatic N) is 3. The zero-order valence-corrected chi connectivity index (χ0v) is 18.9. The summed E-state index contributed by atoms with van der Waals surface area (Å²) in [6, 6.07) is 17.1. The largest absolute Gasteiger partial charge is 0.352 e. The third kappa shape index (κ3) is 3.36. The summed E-state index contributed by atoms with van der Waals surface area (Å²) in [7, 11) is -4.02. The van der Waals surface area contributed by atoms with Gasteiger partial charge in [0.1, 0.15) is 0 Å². The van der Waals surface area contributed by atoms with E-state index < -0.39 is 14.9 Å². The number of anilines is 1. The van der Waals surface area contributed by atoms with Gasteiger partial charge in [-0.25, -0.2) is 13.4 Å². The molecule has 0 spiro atoms. The van der Waals surface area contributed by atoms with Crippen molar-refractivity contribution in [2.45, 2.75) is 17.9 Å². The van der Waals surface area contributed by atoms with E-state index in [0.717, 1.165) is 46.4 Å². The molecular formula is C24H17N5O5S. The van der Waals surface area contributed by atoms with Crippen molar-refractivity contribution in [1.82, 2.24) is 14.5 Å². The van der Waals surface area contributed by atoms with E-state index in [0.29, 0.717) is 24.3 Å². The molecule has 35 heavy (non-hydrogen) atoms. The highest BCUT2D eigenvalue weighted by atomic mass is 32.2. The van der Waals surface area contributed by atoms with Crippen molar-refractivity contribution >= 4 is 43.2 Å². The highest BCUT2D eigenvalue weighted by Crippen LogP contribution is 2.33. The average Bonchev–Trinajstić information content (AvgIpc) is 3.24. The summed E-state index contributed by atoms with van der Waals surface area (Å²) in [6.07, 6.45) is 0.673. The zero-order valence-electron chi connectivity index (χ0n) is 18.1. The molecule has 10 nitrogen and oxygen atoms in total. The molecule has 1 aliphatic rings. The Kier molecular flexibility index (Phi) is 4.51. The van der Waals surface area contributed by atoms with Gasteiger partial charge >= 0.3 is 0 Å². The lowest BCUT2D eigenvalue weighted by atomic mass is 10.0. The van der Waals surface area contributed by atoms with Gasteiger partial charge < -0.3 is 4.98 Å². The topological polar surface area (TPSA) is 140 Å². The van der Waals surface area contributed by atoms with Gasteiger partial charge in [-0.2, -0.15) is 0 Å². The highest BCUT2D eigenvalue weighted by molar-refractivity contribution is 7.92. The van der Waals surface area contributed by atoms with E-state index in [2.05, 4.69) is 9.71 Å². The van der Waals surface area contributed by atoms with Crippen molar-refractivity contribution in [2.24, 2.45) is 0 Å². The number of nitrogens with one attached hydrogen (secondary N) is 2. The van der Waals surface area contributed by atoms with Crippen molar-refractivity contribution in [2.75, 3.05) is 4.72 Å². The number of para-hydroxylation sites is 1. The Bertz CT molecular complexity index is 1840. The fraction of sp³-hybridized carbons (Fsp3) is 0.0833. The van der Waals surface area contributed by atoms with E-state index in [-0.39, 0.29) is 27.2 Å². The van der Waals surface area contributed by atoms with Gasteiger partial charge in [0, 0.05) is 35.3 Å². The number of H-pyrrole nitrogens is 1. The minimum absolute atomic E-state index is 0.130. The monoisotopic (exact) mass is 487 g/mol. The van der Waals surface area contributed by atoms with Gasteiger partial charge in [0.15, 0.2) is 5.82 Å². The summed E-state index contributed by atoms with van der Waals surface area (Å²) in [4.78, 5) is 31.6. The SMILES string of the molecule is O=c1c2cc(NS(=O)(=O)c3ccc([N+](=O)[O-])cc3)ccc2nc2n1CCc1c-2[nH]c2ccccc12. The van der Waals surface area contributed by atoms with Crippen LogP contribution in [-0.2, 0) is 23.0 Å². The first-order chi connectivity index (χ1) is 16.8. The molecule has 0 saturated heterocycles. The molecule has 3 aromatic carbocycles. The minimum atomic E-state index is -4.02. The van der Waals surface area contributed by atoms with Crippen LogP contribution in [0.3, 0.4) is 0 Å². The Hall–Kier alpha value is -4.51. The number of aryl methyl sites for hydroxylation is 1. The van der Waals surface area contributed by atoms with E-state index in [1.807, 2.05) is 24.3 Å². The van der Waals surface area contributed by atoms with Crippen LogP contribution in [0, 0.1) is 10.1 Å². The quantitative estimate of drug-likeness (QED) is 0.292. The van der Waals surface area contributed by atoms with Gasteiger partial charge in [0.2, 0.25) is 0 Å². The zero-order chi connectivity index (χ0) is 24.3. The Balaban J connectivity index is 1.40. The van der Waals surface area contributed by atoms with Gasteiger partial charge in [-0.05, 0) is 48.4 Å². The fourth-order valence-electron chi connectivity index (χ4n) is 4.52. The minimum Gasteiger partial charge on any atom is -0.352 e. The predicted octanol–water partition coefficient (Wildman–Crippen LogP) is 3.81. The maximum absolute atomic E-state index is 13.4. The summed E-state index contributed by atoms with van der Waals surface area (Å²) < 4.78 is 29.6. The van der Waals surface area contributed by atoms with Crippen LogP contribution in [0.5, 0.6) is 0 Å². The molecule has 0 saturated carbocycles. The number of rotatable bonds is 4. The number of fused-ring (bicyclic) bond motifs is 6. The number of sulfonamides is 1. The van der Waals surface area contributed by atoms with Crippen molar-refractivity contribution in [3.05, 3.63) is 92.8 Å². The summed E-state index contributed by atoms with van der Waals surface area (Å²) in [5.41, 5.74) is 3.10. The lowest BCUT2D eigenvalue weighted by Crippen LogP contribution is -2.27. The molecule has 0 unspecified atom stereocenters. The second-order valence-electron chi connectivity index (χ2n) is 8.25. The van der Waals surface area contributed by atoms with Crippen LogP contribution < -0.4 is 10.3 Å². The summed E-state index contributed by atoms with van der Waals surface area (Å²) in [5, 5.41) is 12.2. The maximum atomic E-state index is 13.4. The molecule has 6 rings (SSSR count). The lowest BCUT2D eigenvalue weighted by Gasteiger charge is -2.19. The van der Waals surface area contributed by atoms with E-state index in [4.69, 9.17) is 4.98 Å². The van der Waals surface area contributed by atoms with Gasteiger partial charge in [-0.3, -0.25) is 24.2 Å². The number of nitro groups is 1. The highest BCUT2D eigenvalue weighted by Gasteiger charge is 2.24. The summed E-state index contributed by atoms with van der Waals surface area (Å²) >= 11 is 0. The third-order valence-electron chi connectivity index (χ3n) is 6.19. The van der Waals surface area contributed by atoms with Crippen molar-refractivity contribution < 1.29 is 13.3 Å². The van der Waals surface area contributed by atoms with Crippen molar-refractivity contribution in [3.8, 4) is 11.5 Å². The number of non-ortho nitro benzene ring substituents is 1. The van der Waals surface area contributed by atoms with Gasteiger partial charge in [-0.15, -0.1) is 0 Å². The van der Waals surface area contributed by atoms with Crippen molar-refractivity contribution in [1.29, 1.82) is 0 Å². The van der Waals surface area contributed by atoms with Gasteiger partial charge in [0.25, 0.3) is 21.3 Å². The molecule has 3 heterocycles. The molecule has 2 aromatic heterocycles. The average molecular weight is 487 g/mol. The van der Waals surface area contributed by atoms with Crippen LogP contribution in [0.25, 0.3) is 33.3 Å². The standard InChI is InChI=1S/C24H17N5O5S/c30-24-19-13-14(27-35(33,34)16-8-6-15(7-9-16)29(31)32)5-10-21(19)26-23-22-18(11-12-28(23)24)17-3-1-2-4-20(17)25-22/h1-10,13,25,27H,11-12H2. The summed E-state index contributed by atoms with van der Waals surface area (Å²) in [5.74, 6) is 0.555. The van der Waals surface area contributed by atoms with Crippen molar-refractivity contribution in [3.63, 3.8) is 0 Å². The van der Waals surface area contributed by atoms with E-state index in [9.17, 15) is 23.3 Å². The van der Waals surface area contributed by atoms with Crippen LogP contribution in [-0.4, -0.2) is 27.9 Å². The first-order valence-corrected chi connectivity index (χ1v) is 12.2. The van der Waals surface area contributed by atoms with Crippen LogP contribution in [0.4, 0.5) is 11.4 Å². The number of aromatic nitrogens is 3. The number of benzene rings is 3. The smallest absolute Gasteiger partial charge is 0.269 e. The Morgan fingerprint density at radius 3 is 2.57 bits per heavy atom. The molecular weight excluding hydrogens is 470 g/mol. The number of hydrogen-bond donors (Lipinski definition) is 2. The fourth-order valence-corrected chi connectivity index (χ4v) is 5.57. The third-order valence-corrected chi connectivity index (χ3v) is 7.58. The molecule has 0 amide bonds. The first-order valence-electron chi connectivity index (χ1n) is 10.7. The molecule has 0 radical (unpaired) electrons. The maximum Gasteiger partial charge on any atom is 0.269 e. The Labute approximate surface area is 198 Å². The van der Waals surface area contributed by atoms with E-state index in [1.54, 1.807) is 10.6 Å². The van der Waals surface area contributed by atoms with Crippen LogP contribution in [0.15, 0.2) is 76.4 Å². The second kappa shape index (κ2) is 7.50. The second-order valence-corrected chi connectivity index (χ2v) is 9.94. The Morgan fingerprint density at radius 2 is 1.80 bits per heavy atom. The van der Waals surface area contributed by atoms with E-state index in [1.165, 1.54) is 12.1 Å². The molecule has 0 bridgehead atoms. The summed E-state index contributed by atoms with van der Waals surface area (Å²) in [6.45, 7) is 0.463. The molecule has 11 heteroatoms. The van der Waals surface area contributed by atoms with Gasteiger partial charge in [-0.1, -0.05) is 18.2 Å². The molecule has 0 atom stereocenters. The van der Waals surface area contributed by atoms with E-state index >= 15 is 0 Å². The molecule has 174 valence electrons. The molecule has 2 N–H and O–H groups in total. The molecule has 0 fully saturated rings. The van der Waals surface area contributed by atoms with Gasteiger partial charge in [0.05, 0.1) is 26.4 Å². The molecule has 0 aliphatic carbocycles. The number of aromatic amines is 1.